The van der Waals surface area contributed by atoms with Gasteiger partial charge < -0.3 is 29.2 Å². The molecule has 2 aliphatic heterocycles. The fourth-order valence-electron chi connectivity index (χ4n) is 5.18. The highest BCUT2D eigenvalue weighted by Crippen LogP contribution is 2.62. The lowest BCUT2D eigenvalue weighted by Crippen LogP contribution is -2.54. The predicted octanol–water partition coefficient (Wildman–Crippen LogP) is 1.34. The number of carbonyl (C=O) groups excluding carboxylic acids is 1. The average molecular weight is 386 g/mol. The van der Waals surface area contributed by atoms with Crippen LogP contribution >= 0.6 is 0 Å². The number of aliphatic hydroxyl groups excluding tert-OH is 2. The van der Waals surface area contributed by atoms with Crippen LogP contribution in [-0.4, -0.2) is 65.7 Å². The van der Waals surface area contributed by atoms with Crippen molar-refractivity contribution in [3.8, 4) is 0 Å². The van der Waals surface area contributed by atoms with Crippen molar-refractivity contribution >= 4 is 5.97 Å². The van der Waals surface area contributed by atoms with Crippen LogP contribution in [-0.2, 0) is 23.7 Å². The Morgan fingerprint density at radius 1 is 1.07 bits per heavy atom. The van der Waals surface area contributed by atoms with Crippen LogP contribution in [0.2, 0.25) is 0 Å². The summed E-state index contributed by atoms with van der Waals surface area (Å²) >= 11 is 0. The van der Waals surface area contributed by atoms with Crippen LogP contribution < -0.4 is 0 Å². The van der Waals surface area contributed by atoms with Gasteiger partial charge in [-0.2, -0.15) is 0 Å². The third-order valence-corrected chi connectivity index (χ3v) is 6.47. The molecule has 0 aromatic rings. The van der Waals surface area contributed by atoms with Crippen LogP contribution in [0, 0.1) is 29.6 Å². The van der Waals surface area contributed by atoms with Crippen molar-refractivity contribution in [2.75, 3.05) is 6.61 Å². The van der Waals surface area contributed by atoms with E-state index in [4.69, 9.17) is 18.9 Å². The van der Waals surface area contributed by atoms with Crippen LogP contribution in [0.1, 0.15) is 41.5 Å². The van der Waals surface area contributed by atoms with Gasteiger partial charge in [-0.05, 0) is 38.5 Å². The van der Waals surface area contributed by atoms with Gasteiger partial charge in [0, 0.05) is 18.8 Å². The lowest BCUT2D eigenvalue weighted by molar-refractivity contribution is -0.240. The molecule has 7 nitrogen and oxygen atoms in total. The van der Waals surface area contributed by atoms with Crippen molar-refractivity contribution in [3.05, 3.63) is 0 Å². The fourth-order valence-corrected chi connectivity index (χ4v) is 5.18. The molecule has 0 bridgehead atoms. The molecule has 11 unspecified atom stereocenters. The molecule has 1 aliphatic carbocycles. The zero-order valence-electron chi connectivity index (χ0n) is 17.1. The molecule has 2 heterocycles. The molecule has 0 radical (unpaired) electrons. The number of rotatable bonds is 5. The normalized spacial score (nSPS) is 49.6. The molecular weight excluding hydrogens is 352 g/mol. The molecule has 7 heteroatoms. The van der Waals surface area contributed by atoms with Crippen LogP contribution in [0.4, 0.5) is 0 Å². The second-order valence-electron chi connectivity index (χ2n) is 8.73. The van der Waals surface area contributed by atoms with Crippen LogP contribution in [0.3, 0.4) is 0 Å². The van der Waals surface area contributed by atoms with Gasteiger partial charge in [0.25, 0.3) is 0 Å². The number of esters is 1. The Hall–Kier alpha value is -0.730. The second kappa shape index (κ2) is 7.95. The highest BCUT2D eigenvalue weighted by Gasteiger charge is 2.67. The van der Waals surface area contributed by atoms with Gasteiger partial charge in [0.05, 0.1) is 37.1 Å². The SMILES string of the molecule is CC(=O)OC1C(C)C(O)C(C)OC1C1C2C(CO)OC(OC(C)C)C(C)C21. The molecule has 0 spiro atoms. The van der Waals surface area contributed by atoms with E-state index in [0.29, 0.717) is 0 Å². The summed E-state index contributed by atoms with van der Waals surface area (Å²) < 4.78 is 23.7. The van der Waals surface area contributed by atoms with E-state index in [-0.39, 0.29) is 72.9 Å². The molecule has 1 saturated carbocycles. The van der Waals surface area contributed by atoms with Gasteiger partial charge >= 0.3 is 5.97 Å². The molecule has 0 aromatic carbocycles. The molecule has 2 saturated heterocycles. The minimum atomic E-state index is -0.689. The third-order valence-electron chi connectivity index (χ3n) is 6.47. The van der Waals surface area contributed by atoms with E-state index in [1.807, 2.05) is 27.7 Å². The van der Waals surface area contributed by atoms with Crippen LogP contribution in [0.5, 0.6) is 0 Å². The number of hydrogen-bond donors (Lipinski definition) is 2. The van der Waals surface area contributed by atoms with Crippen molar-refractivity contribution in [1.29, 1.82) is 0 Å². The summed E-state index contributed by atoms with van der Waals surface area (Å²) in [5.41, 5.74) is 0. The van der Waals surface area contributed by atoms with E-state index in [1.165, 1.54) is 6.92 Å². The van der Waals surface area contributed by atoms with Crippen molar-refractivity contribution in [2.45, 2.75) is 84.5 Å². The van der Waals surface area contributed by atoms with Crippen molar-refractivity contribution in [3.63, 3.8) is 0 Å². The van der Waals surface area contributed by atoms with Crippen molar-refractivity contribution in [1.82, 2.24) is 0 Å². The zero-order chi connectivity index (χ0) is 20.0. The summed E-state index contributed by atoms with van der Waals surface area (Å²) in [6, 6.07) is 0. The van der Waals surface area contributed by atoms with Gasteiger partial charge in [-0.15, -0.1) is 0 Å². The first-order valence-corrected chi connectivity index (χ1v) is 10.1. The number of carbonyl (C=O) groups is 1. The quantitative estimate of drug-likeness (QED) is 0.689. The maximum atomic E-state index is 11.7. The van der Waals surface area contributed by atoms with Gasteiger partial charge in [0.15, 0.2) is 6.29 Å². The first-order chi connectivity index (χ1) is 12.7. The highest BCUT2D eigenvalue weighted by molar-refractivity contribution is 5.66. The molecule has 27 heavy (non-hydrogen) atoms. The minimum Gasteiger partial charge on any atom is -0.459 e. The van der Waals surface area contributed by atoms with Crippen LogP contribution in [0.25, 0.3) is 0 Å². The molecule has 3 aliphatic rings. The summed E-state index contributed by atoms with van der Waals surface area (Å²) in [5, 5.41) is 20.3. The summed E-state index contributed by atoms with van der Waals surface area (Å²) in [4.78, 5) is 11.7. The molecule has 0 amide bonds. The number of hydrogen-bond acceptors (Lipinski definition) is 7. The predicted molar refractivity (Wildman–Crippen MR) is 96.7 cm³/mol. The van der Waals surface area contributed by atoms with E-state index in [1.54, 1.807) is 0 Å². The molecular formula is C20H34O7. The van der Waals surface area contributed by atoms with Crippen molar-refractivity contribution in [2.24, 2.45) is 29.6 Å². The van der Waals surface area contributed by atoms with Gasteiger partial charge in [-0.1, -0.05) is 13.8 Å². The van der Waals surface area contributed by atoms with E-state index in [9.17, 15) is 15.0 Å². The molecule has 3 rings (SSSR count). The third kappa shape index (κ3) is 3.90. The van der Waals surface area contributed by atoms with Crippen LogP contribution in [0.15, 0.2) is 0 Å². The van der Waals surface area contributed by atoms with E-state index in [0.717, 1.165) is 0 Å². The Balaban J connectivity index is 1.83. The number of fused-ring (bicyclic) bond motifs is 1. The lowest BCUT2D eigenvalue weighted by Gasteiger charge is -2.42. The van der Waals surface area contributed by atoms with Gasteiger partial charge in [-0.25, -0.2) is 0 Å². The Labute approximate surface area is 161 Å². The average Bonchev–Trinajstić information content (AvgIpc) is 3.33. The molecule has 3 fully saturated rings. The Morgan fingerprint density at radius 3 is 2.30 bits per heavy atom. The second-order valence-corrected chi connectivity index (χ2v) is 8.73. The lowest BCUT2D eigenvalue weighted by atomic mass is 9.85. The first-order valence-electron chi connectivity index (χ1n) is 10.1. The van der Waals surface area contributed by atoms with E-state index < -0.39 is 12.2 Å². The van der Waals surface area contributed by atoms with Gasteiger partial charge in [0.1, 0.15) is 6.10 Å². The fraction of sp³-hybridized carbons (Fsp3) is 0.950. The molecule has 156 valence electrons. The molecule has 11 atom stereocenters. The van der Waals surface area contributed by atoms with E-state index in [2.05, 4.69) is 6.92 Å². The monoisotopic (exact) mass is 386 g/mol. The van der Waals surface area contributed by atoms with E-state index >= 15 is 0 Å². The van der Waals surface area contributed by atoms with Gasteiger partial charge in [0.2, 0.25) is 0 Å². The maximum Gasteiger partial charge on any atom is 0.303 e. The molecule has 2 N–H and O–H groups in total. The summed E-state index contributed by atoms with van der Waals surface area (Å²) in [7, 11) is 0. The Morgan fingerprint density at radius 2 is 1.74 bits per heavy atom. The highest BCUT2D eigenvalue weighted by atomic mass is 16.7. The topological polar surface area (TPSA) is 94.5 Å². The van der Waals surface area contributed by atoms with Gasteiger partial charge in [-0.3, -0.25) is 4.79 Å². The molecule has 0 aromatic heterocycles. The largest absolute Gasteiger partial charge is 0.459 e. The first kappa shape index (κ1) is 21.0. The summed E-state index contributed by atoms with van der Waals surface area (Å²) in [6.07, 6.45) is -2.53. The number of ether oxygens (including phenoxy) is 4. The summed E-state index contributed by atoms with van der Waals surface area (Å²) in [6.45, 7) is 11.1. The van der Waals surface area contributed by atoms with Crippen molar-refractivity contribution < 1.29 is 34.0 Å². The Kier molecular flexibility index (Phi) is 6.18. The maximum absolute atomic E-state index is 11.7. The standard InChI is InChI=1S/C20H34O7/c1-8(2)24-20-9(3)14-15(13(7-21)27-20)16(14)19-18(26-12(6)22)10(4)17(23)11(5)25-19/h8-11,13-21,23H,7H2,1-6H3. The Bertz CT molecular complexity index is 538. The minimum absolute atomic E-state index is 0.0282. The summed E-state index contributed by atoms with van der Waals surface area (Å²) in [5.74, 6) is 0.0302. The number of aliphatic hydroxyl groups is 2. The smallest absolute Gasteiger partial charge is 0.303 e. The zero-order valence-corrected chi connectivity index (χ0v) is 17.1.